The van der Waals surface area contributed by atoms with E-state index in [9.17, 15) is 0 Å². The zero-order valence-corrected chi connectivity index (χ0v) is 16.0. The van der Waals surface area contributed by atoms with Gasteiger partial charge in [0.1, 0.15) is 23.6 Å². The molecule has 4 aromatic rings. The summed E-state index contributed by atoms with van der Waals surface area (Å²) in [6.45, 7) is 3.06. The standard InChI is InChI=1S/C21H20N6O2/c1-28-19-4-5-22-12-16(19)14-2-3-17-15(10-14)21(26-25-17)18-11-20(24-13-23-18)27-6-8-29-9-7-27/h2-5,10-13H,6-9H2,1H3,(H,25,26). The second kappa shape index (κ2) is 7.48. The molecule has 0 bridgehead atoms. The van der Waals surface area contributed by atoms with Crippen LogP contribution in [0.2, 0.25) is 0 Å². The molecule has 0 atom stereocenters. The smallest absolute Gasteiger partial charge is 0.132 e. The largest absolute Gasteiger partial charge is 0.496 e. The van der Waals surface area contributed by atoms with Crippen molar-refractivity contribution in [3.8, 4) is 28.3 Å². The van der Waals surface area contributed by atoms with Gasteiger partial charge in [0.25, 0.3) is 0 Å². The number of aromatic nitrogens is 5. The van der Waals surface area contributed by atoms with Crippen LogP contribution in [-0.4, -0.2) is 58.6 Å². The Hall–Kier alpha value is -3.52. The monoisotopic (exact) mass is 388 g/mol. The lowest BCUT2D eigenvalue weighted by Crippen LogP contribution is -2.36. The third-order valence-corrected chi connectivity index (χ3v) is 5.11. The van der Waals surface area contributed by atoms with Crippen molar-refractivity contribution in [2.24, 2.45) is 0 Å². The molecule has 0 amide bonds. The molecule has 1 aliphatic rings. The molecule has 0 spiro atoms. The van der Waals surface area contributed by atoms with E-state index in [1.165, 1.54) is 0 Å². The van der Waals surface area contributed by atoms with E-state index in [0.29, 0.717) is 13.2 Å². The van der Waals surface area contributed by atoms with Gasteiger partial charge in [0.2, 0.25) is 0 Å². The molecule has 5 rings (SSSR count). The molecule has 0 saturated carbocycles. The number of anilines is 1. The van der Waals surface area contributed by atoms with Crippen molar-refractivity contribution in [3.05, 3.63) is 49.1 Å². The lowest BCUT2D eigenvalue weighted by molar-refractivity contribution is 0.122. The number of benzene rings is 1. The second-order valence-corrected chi connectivity index (χ2v) is 6.77. The molecule has 8 heteroatoms. The maximum Gasteiger partial charge on any atom is 0.132 e. The summed E-state index contributed by atoms with van der Waals surface area (Å²) < 4.78 is 10.9. The maximum atomic E-state index is 5.49. The van der Waals surface area contributed by atoms with Crippen LogP contribution in [0.1, 0.15) is 0 Å². The molecule has 0 aliphatic carbocycles. The summed E-state index contributed by atoms with van der Waals surface area (Å²) >= 11 is 0. The van der Waals surface area contributed by atoms with Gasteiger partial charge >= 0.3 is 0 Å². The zero-order valence-electron chi connectivity index (χ0n) is 16.0. The highest BCUT2D eigenvalue weighted by molar-refractivity contribution is 5.95. The highest BCUT2D eigenvalue weighted by atomic mass is 16.5. The Morgan fingerprint density at radius 3 is 2.86 bits per heavy atom. The minimum Gasteiger partial charge on any atom is -0.496 e. The van der Waals surface area contributed by atoms with Gasteiger partial charge in [0, 0.05) is 42.5 Å². The third kappa shape index (κ3) is 3.27. The van der Waals surface area contributed by atoms with E-state index in [-0.39, 0.29) is 0 Å². The van der Waals surface area contributed by atoms with Gasteiger partial charge in [-0.3, -0.25) is 10.1 Å². The van der Waals surface area contributed by atoms with Gasteiger partial charge in [-0.2, -0.15) is 5.10 Å². The topological polar surface area (TPSA) is 89.0 Å². The quantitative estimate of drug-likeness (QED) is 0.575. The van der Waals surface area contributed by atoms with Gasteiger partial charge in [0.05, 0.1) is 31.5 Å². The normalized spacial score (nSPS) is 14.3. The number of nitrogens with zero attached hydrogens (tertiary/aromatic N) is 5. The van der Waals surface area contributed by atoms with Crippen molar-refractivity contribution < 1.29 is 9.47 Å². The van der Waals surface area contributed by atoms with Crippen LogP contribution in [0.15, 0.2) is 49.1 Å². The molecule has 8 nitrogen and oxygen atoms in total. The Morgan fingerprint density at radius 1 is 1.10 bits per heavy atom. The van der Waals surface area contributed by atoms with Crippen LogP contribution in [0.3, 0.4) is 0 Å². The predicted octanol–water partition coefficient (Wildman–Crippen LogP) is 2.93. The molecule has 1 aromatic carbocycles. The Kier molecular flexibility index (Phi) is 4.53. The predicted molar refractivity (Wildman–Crippen MR) is 110 cm³/mol. The minimum absolute atomic E-state index is 0.709. The summed E-state index contributed by atoms with van der Waals surface area (Å²) in [7, 11) is 1.66. The molecule has 1 fully saturated rings. The summed E-state index contributed by atoms with van der Waals surface area (Å²) in [6, 6.07) is 9.97. The number of hydrogen-bond acceptors (Lipinski definition) is 7. The van der Waals surface area contributed by atoms with Crippen LogP contribution >= 0.6 is 0 Å². The summed E-state index contributed by atoms with van der Waals surface area (Å²) in [5, 5.41) is 8.61. The van der Waals surface area contributed by atoms with E-state index in [0.717, 1.165) is 58.1 Å². The number of hydrogen-bond donors (Lipinski definition) is 1. The minimum atomic E-state index is 0.709. The van der Waals surface area contributed by atoms with Gasteiger partial charge in [0.15, 0.2) is 0 Å². The molecule has 146 valence electrons. The first-order valence-electron chi connectivity index (χ1n) is 9.45. The van der Waals surface area contributed by atoms with Gasteiger partial charge in [-0.1, -0.05) is 6.07 Å². The van der Waals surface area contributed by atoms with Crippen molar-refractivity contribution in [1.82, 2.24) is 25.1 Å². The fourth-order valence-corrected chi connectivity index (χ4v) is 3.60. The third-order valence-electron chi connectivity index (χ3n) is 5.11. The number of H-pyrrole nitrogens is 1. The van der Waals surface area contributed by atoms with Gasteiger partial charge < -0.3 is 14.4 Å². The van der Waals surface area contributed by atoms with Crippen LogP contribution in [0.25, 0.3) is 33.4 Å². The molecule has 3 aromatic heterocycles. The molecule has 1 saturated heterocycles. The van der Waals surface area contributed by atoms with Crippen molar-refractivity contribution in [2.45, 2.75) is 0 Å². The van der Waals surface area contributed by atoms with Crippen LogP contribution in [0.4, 0.5) is 5.82 Å². The van der Waals surface area contributed by atoms with E-state index in [1.54, 1.807) is 25.8 Å². The Bertz CT molecular complexity index is 1150. The van der Waals surface area contributed by atoms with E-state index >= 15 is 0 Å². The van der Waals surface area contributed by atoms with Gasteiger partial charge in [-0.15, -0.1) is 0 Å². The highest BCUT2D eigenvalue weighted by Crippen LogP contribution is 2.33. The fourth-order valence-electron chi connectivity index (χ4n) is 3.60. The molecule has 0 radical (unpaired) electrons. The first kappa shape index (κ1) is 17.6. The van der Waals surface area contributed by atoms with E-state index in [2.05, 4.69) is 36.1 Å². The van der Waals surface area contributed by atoms with Crippen molar-refractivity contribution in [2.75, 3.05) is 38.3 Å². The molecule has 0 unspecified atom stereocenters. The zero-order chi connectivity index (χ0) is 19.6. The Balaban J connectivity index is 1.58. The van der Waals surface area contributed by atoms with E-state index in [1.807, 2.05) is 24.3 Å². The molecule has 29 heavy (non-hydrogen) atoms. The fraction of sp³-hybridized carbons (Fsp3) is 0.238. The number of morpholine rings is 1. The first-order valence-corrected chi connectivity index (χ1v) is 9.45. The number of rotatable bonds is 4. The number of pyridine rings is 1. The summed E-state index contributed by atoms with van der Waals surface area (Å²) in [5.41, 5.74) is 4.45. The molecule has 1 aliphatic heterocycles. The van der Waals surface area contributed by atoms with E-state index < -0.39 is 0 Å². The Morgan fingerprint density at radius 2 is 2.00 bits per heavy atom. The SMILES string of the molecule is COc1ccncc1-c1ccc2[nH]nc(-c3cc(N4CCOCC4)ncn3)c2c1. The van der Waals surface area contributed by atoms with Crippen molar-refractivity contribution in [3.63, 3.8) is 0 Å². The molecular formula is C21H20N6O2. The highest BCUT2D eigenvalue weighted by Gasteiger charge is 2.16. The van der Waals surface area contributed by atoms with Crippen molar-refractivity contribution >= 4 is 16.7 Å². The molecule has 1 N–H and O–H groups in total. The average molecular weight is 388 g/mol. The number of aromatic amines is 1. The van der Waals surface area contributed by atoms with Crippen LogP contribution in [-0.2, 0) is 4.74 Å². The van der Waals surface area contributed by atoms with Gasteiger partial charge in [-0.05, 0) is 23.8 Å². The van der Waals surface area contributed by atoms with Crippen LogP contribution < -0.4 is 9.64 Å². The first-order chi connectivity index (χ1) is 14.3. The maximum absolute atomic E-state index is 5.49. The lowest BCUT2D eigenvalue weighted by atomic mass is 10.0. The summed E-state index contributed by atoms with van der Waals surface area (Å²) in [6.07, 6.45) is 5.12. The summed E-state index contributed by atoms with van der Waals surface area (Å²) in [5.74, 6) is 1.67. The van der Waals surface area contributed by atoms with Crippen molar-refractivity contribution in [1.29, 1.82) is 0 Å². The molecular weight excluding hydrogens is 368 g/mol. The Labute approximate surface area is 167 Å². The molecule has 4 heterocycles. The number of nitrogens with one attached hydrogen (secondary N) is 1. The lowest BCUT2D eigenvalue weighted by Gasteiger charge is -2.27. The van der Waals surface area contributed by atoms with Crippen LogP contribution in [0, 0.1) is 0 Å². The summed E-state index contributed by atoms with van der Waals surface area (Å²) in [4.78, 5) is 15.4. The van der Waals surface area contributed by atoms with Gasteiger partial charge in [-0.25, -0.2) is 9.97 Å². The number of ether oxygens (including phenoxy) is 2. The van der Waals surface area contributed by atoms with Crippen LogP contribution in [0.5, 0.6) is 5.75 Å². The second-order valence-electron chi connectivity index (χ2n) is 6.77. The number of fused-ring (bicyclic) bond motifs is 1. The van der Waals surface area contributed by atoms with E-state index in [4.69, 9.17) is 9.47 Å². The number of methoxy groups -OCH3 is 1. The average Bonchev–Trinajstić information content (AvgIpc) is 3.23.